The summed E-state index contributed by atoms with van der Waals surface area (Å²) in [6.07, 6.45) is 0. The van der Waals surface area contributed by atoms with Crippen LogP contribution in [0.3, 0.4) is 0 Å². The Morgan fingerprint density at radius 3 is 1.36 bits per heavy atom. The summed E-state index contributed by atoms with van der Waals surface area (Å²) in [5.74, 6) is 0. The molecule has 14 heavy (non-hydrogen) atoms. The Balaban J connectivity index is 2.30. The average Bonchev–Trinajstić information content (AvgIpc) is 2.30. The van der Waals surface area contributed by atoms with Gasteiger partial charge in [-0.1, -0.05) is 71.0 Å². The lowest BCUT2D eigenvalue weighted by atomic mass is 10.4. The molecule has 0 amide bonds. The summed E-state index contributed by atoms with van der Waals surface area (Å²) in [4.78, 5) is 0. The molecule has 0 aromatic heterocycles. The van der Waals surface area contributed by atoms with Crippen molar-refractivity contribution in [3.05, 3.63) is 60.7 Å². The molecule has 0 aliphatic rings. The molecule has 0 saturated heterocycles. The smallest absolute Gasteiger partial charge is 0.0632 e. The van der Waals surface area contributed by atoms with E-state index in [1.54, 1.807) is 10.4 Å². The molecule has 2 rings (SSSR count). The van der Waals surface area contributed by atoms with Gasteiger partial charge in [-0.25, -0.2) is 0 Å². The number of hydrogen-bond donors (Lipinski definition) is 0. The van der Waals surface area contributed by atoms with Gasteiger partial charge in [-0.2, -0.15) is 0 Å². The molecule has 70 valence electrons. The number of hydrogen-bond acceptors (Lipinski definition) is 0. The van der Waals surface area contributed by atoms with Crippen molar-refractivity contribution in [1.29, 1.82) is 0 Å². The van der Waals surface area contributed by atoms with Crippen LogP contribution in [-0.4, -0.2) is 18.1 Å². The van der Waals surface area contributed by atoms with Crippen LogP contribution in [0.25, 0.3) is 0 Å². The third kappa shape index (κ3) is 2.03. The predicted molar refractivity (Wildman–Crippen MR) is 69.2 cm³/mol. The molecule has 0 spiro atoms. The van der Waals surface area contributed by atoms with Crippen LogP contribution in [0.5, 0.6) is 0 Å². The monoisotopic (exact) mass is 214 g/mol. The van der Waals surface area contributed by atoms with Crippen LogP contribution in [0.1, 0.15) is 0 Å². The molecule has 0 nitrogen and oxygen atoms in total. The molecule has 0 aliphatic carbocycles. The Bertz CT molecular complexity index is 344. The maximum atomic E-state index is 2.27. The van der Waals surface area contributed by atoms with Gasteiger partial charge in [0.1, 0.15) is 0 Å². The van der Waals surface area contributed by atoms with Crippen LogP contribution in [-0.2, 0) is 0 Å². The van der Waals surface area contributed by atoms with E-state index < -0.39 is 8.31 Å². The van der Waals surface area contributed by atoms with Crippen molar-refractivity contribution in [2.75, 3.05) is 0 Å². The van der Waals surface area contributed by atoms with Gasteiger partial charge in [-0.05, 0) is 0 Å². The van der Waals surface area contributed by atoms with Crippen molar-refractivity contribution >= 4 is 28.4 Å². The second-order valence-corrected chi connectivity index (χ2v) is 9.78. The summed E-state index contributed by atoms with van der Waals surface area (Å²) in [5, 5.41) is 3.15. The zero-order valence-corrected chi connectivity index (χ0v) is 11.5. The lowest BCUT2D eigenvalue weighted by molar-refractivity contribution is 1.74. The summed E-state index contributed by atoms with van der Waals surface area (Å²) in [7, 11) is 0.523. The third-order valence-electron chi connectivity index (χ3n) is 2.60. The van der Waals surface area contributed by atoms with E-state index in [4.69, 9.17) is 0 Å². The molecule has 0 N–H and O–H groups in total. The highest BCUT2D eigenvalue weighted by Gasteiger charge is 2.07. The van der Waals surface area contributed by atoms with E-state index in [-0.39, 0.29) is 0 Å². The largest absolute Gasteiger partial charge is 0.0852 e. The highest BCUT2D eigenvalue weighted by molar-refractivity contribution is 7.18. The van der Waals surface area contributed by atoms with E-state index >= 15 is 0 Å². The maximum Gasteiger partial charge on any atom is 0.0852 e. The van der Waals surface area contributed by atoms with E-state index in [1.807, 2.05) is 0 Å². The van der Waals surface area contributed by atoms with Gasteiger partial charge in [0.25, 0.3) is 0 Å². The molecule has 2 heteroatoms. The topological polar surface area (TPSA) is 0 Å². The van der Waals surface area contributed by atoms with Crippen LogP contribution in [0.15, 0.2) is 60.7 Å². The first-order valence-corrected chi connectivity index (χ1v) is 10.7. The summed E-state index contributed by atoms with van der Waals surface area (Å²) >= 11 is 0. The van der Waals surface area contributed by atoms with E-state index in [1.165, 1.54) is 9.76 Å². The van der Waals surface area contributed by atoms with Crippen LogP contribution < -0.4 is 10.4 Å². The van der Waals surface area contributed by atoms with Crippen LogP contribution in [0.2, 0.25) is 0 Å². The van der Waals surface area contributed by atoms with E-state index in [2.05, 4.69) is 60.7 Å². The Labute approximate surface area is 89.4 Å². The van der Waals surface area contributed by atoms with Crippen molar-refractivity contribution in [2.24, 2.45) is 0 Å². The Morgan fingerprint density at radius 1 is 0.643 bits per heavy atom. The molecular formula is C12H14Si2. The molecule has 0 unspecified atom stereocenters. The highest BCUT2D eigenvalue weighted by Crippen LogP contribution is 1.89. The molecule has 0 bridgehead atoms. The van der Waals surface area contributed by atoms with Crippen LogP contribution in [0, 0.1) is 0 Å². The van der Waals surface area contributed by atoms with Gasteiger partial charge in [-0.3, -0.25) is 0 Å². The van der Waals surface area contributed by atoms with Gasteiger partial charge < -0.3 is 0 Å². The summed E-state index contributed by atoms with van der Waals surface area (Å²) < 4.78 is 0. The van der Waals surface area contributed by atoms with Crippen molar-refractivity contribution < 1.29 is 0 Å². The van der Waals surface area contributed by atoms with Crippen LogP contribution >= 0.6 is 0 Å². The molecule has 0 saturated carbocycles. The van der Waals surface area contributed by atoms with Crippen molar-refractivity contribution in [3.8, 4) is 0 Å². The minimum atomic E-state index is -0.780. The van der Waals surface area contributed by atoms with Gasteiger partial charge in [-0.15, -0.1) is 0 Å². The second-order valence-electron chi connectivity index (χ2n) is 3.54. The Hall–Kier alpha value is -1.13. The first-order valence-electron chi connectivity index (χ1n) is 4.98. The fourth-order valence-electron chi connectivity index (χ4n) is 1.68. The minimum Gasteiger partial charge on any atom is -0.0632 e. The predicted octanol–water partition coefficient (Wildman–Crippen LogP) is -0.110. The van der Waals surface area contributed by atoms with Gasteiger partial charge >= 0.3 is 0 Å². The fraction of sp³-hybridized carbons (Fsp3) is 0. The van der Waals surface area contributed by atoms with Crippen molar-refractivity contribution in [1.82, 2.24) is 0 Å². The Morgan fingerprint density at radius 2 is 1.00 bits per heavy atom. The van der Waals surface area contributed by atoms with Gasteiger partial charge in [0.15, 0.2) is 0 Å². The van der Waals surface area contributed by atoms with E-state index in [0.717, 1.165) is 0 Å². The summed E-state index contributed by atoms with van der Waals surface area (Å²) in [6, 6.07) is 21.9. The first kappa shape index (κ1) is 9.43. The minimum absolute atomic E-state index is 0.780. The number of rotatable bonds is 2. The first-order chi connectivity index (χ1) is 6.88. The summed E-state index contributed by atoms with van der Waals surface area (Å²) in [6.45, 7) is 0. The molecule has 0 fully saturated rings. The Kier molecular flexibility index (Phi) is 2.96. The SMILES string of the molecule is [SiH3][SiH](c1ccccc1)c1ccccc1. The maximum absolute atomic E-state index is 2.27. The van der Waals surface area contributed by atoms with Gasteiger partial charge in [0.05, 0.1) is 8.31 Å². The quantitative estimate of drug-likeness (QED) is 0.612. The van der Waals surface area contributed by atoms with E-state index in [0.29, 0.717) is 0 Å². The fourth-order valence-corrected chi connectivity index (χ4v) is 5.97. The van der Waals surface area contributed by atoms with Crippen molar-refractivity contribution in [2.45, 2.75) is 0 Å². The average molecular weight is 214 g/mol. The molecular weight excluding hydrogens is 200 g/mol. The summed E-state index contributed by atoms with van der Waals surface area (Å²) in [5.41, 5.74) is 0. The lowest BCUT2D eigenvalue weighted by Crippen LogP contribution is -2.42. The molecule has 0 atom stereocenters. The molecule has 0 radical (unpaired) electrons. The van der Waals surface area contributed by atoms with Crippen LogP contribution in [0.4, 0.5) is 0 Å². The van der Waals surface area contributed by atoms with Gasteiger partial charge in [0, 0.05) is 9.76 Å². The second kappa shape index (κ2) is 4.39. The molecule has 0 aliphatic heterocycles. The van der Waals surface area contributed by atoms with Crippen molar-refractivity contribution in [3.63, 3.8) is 0 Å². The highest BCUT2D eigenvalue weighted by atomic mass is 29.1. The molecule has 0 heterocycles. The number of benzene rings is 2. The zero-order valence-electron chi connectivity index (χ0n) is 8.35. The zero-order chi connectivity index (χ0) is 9.80. The van der Waals surface area contributed by atoms with E-state index in [9.17, 15) is 0 Å². The lowest BCUT2D eigenvalue weighted by Gasteiger charge is -2.09. The molecule has 2 aromatic rings. The standard InChI is InChI=1S/C12H14Si2/c13-14(11-7-3-1-4-8-11)12-9-5-2-6-10-12/h1-10,14H,13H3. The third-order valence-corrected chi connectivity index (χ3v) is 9.37. The molecule has 2 aromatic carbocycles. The van der Waals surface area contributed by atoms with Gasteiger partial charge in [0.2, 0.25) is 0 Å². The normalized spacial score (nSPS) is 10.6.